The van der Waals surface area contributed by atoms with Crippen LogP contribution in [0.2, 0.25) is 0 Å². The van der Waals surface area contributed by atoms with Crippen molar-refractivity contribution in [1.29, 1.82) is 0 Å². The Morgan fingerprint density at radius 1 is 0.927 bits per heavy atom. The first kappa shape index (κ1) is 28.1. The Balaban J connectivity index is 1.45. The van der Waals surface area contributed by atoms with Gasteiger partial charge in [-0.15, -0.1) is 0 Å². The molecular formula is C27H25F3N6O4S. The fourth-order valence-corrected chi connectivity index (χ4v) is 5.22. The molecule has 14 heteroatoms. The summed E-state index contributed by atoms with van der Waals surface area (Å²) in [7, 11) is -5.95. The Kier molecular flexibility index (Phi) is 7.67. The number of hydrogen-bond donors (Lipinski definition) is 2. The molecular weight excluding hydrogens is 561 g/mol. The minimum absolute atomic E-state index is 0.143. The van der Waals surface area contributed by atoms with Crippen molar-refractivity contribution in [3.05, 3.63) is 95.3 Å². The number of nitrogens with one attached hydrogen (secondary N) is 2. The van der Waals surface area contributed by atoms with E-state index in [0.717, 1.165) is 33.8 Å². The second-order valence-corrected chi connectivity index (χ2v) is 11.2. The van der Waals surface area contributed by atoms with Gasteiger partial charge >= 0.3 is 15.5 Å². The molecule has 0 saturated carbocycles. The number of sulfonamides is 1. The second kappa shape index (κ2) is 11.2. The number of carbonyl (C=O) groups is 2. The first-order valence-electron chi connectivity index (χ1n) is 12.7. The predicted octanol–water partition coefficient (Wildman–Crippen LogP) is 3.94. The van der Waals surface area contributed by atoms with E-state index in [0.29, 0.717) is 19.0 Å². The van der Waals surface area contributed by atoms with Gasteiger partial charge in [0.2, 0.25) is 0 Å². The average Bonchev–Trinajstić information content (AvgIpc) is 3.40. The van der Waals surface area contributed by atoms with Gasteiger partial charge < -0.3 is 10.2 Å². The number of aromatic nitrogens is 3. The number of hydrogen-bond acceptors (Lipinski definition) is 7. The number of amides is 2. The van der Waals surface area contributed by atoms with Crippen molar-refractivity contribution >= 4 is 33.3 Å². The number of carbonyl (C=O) groups excluding carboxylic acids is 2. The molecule has 0 radical (unpaired) electrons. The summed E-state index contributed by atoms with van der Waals surface area (Å²) in [5, 5.41) is 7.20. The Hall–Kier alpha value is -4.46. The molecule has 1 aliphatic rings. The Morgan fingerprint density at radius 2 is 1.56 bits per heavy atom. The van der Waals surface area contributed by atoms with Crippen molar-refractivity contribution in [3.63, 3.8) is 0 Å². The number of anilines is 1. The van der Waals surface area contributed by atoms with Gasteiger partial charge in [0.1, 0.15) is 16.9 Å². The lowest BCUT2D eigenvalue weighted by molar-refractivity contribution is -0.0446. The minimum atomic E-state index is -5.95. The largest absolute Gasteiger partial charge is 0.516 e. The van der Waals surface area contributed by atoms with Crippen molar-refractivity contribution < 1.29 is 31.2 Å². The van der Waals surface area contributed by atoms with E-state index in [-0.39, 0.29) is 29.5 Å². The quantitative estimate of drug-likeness (QED) is 0.336. The van der Waals surface area contributed by atoms with E-state index in [2.05, 4.69) is 27.5 Å². The highest BCUT2D eigenvalue weighted by atomic mass is 32.2. The molecule has 5 rings (SSSR count). The molecule has 0 unspecified atom stereocenters. The van der Waals surface area contributed by atoms with Gasteiger partial charge in [-0.1, -0.05) is 60.7 Å². The number of fused-ring (bicyclic) bond motifs is 1. The van der Waals surface area contributed by atoms with Crippen molar-refractivity contribution in [1.82, 2.24) is 24.2 Å². The summed E-state index contributed by atoms with van der Waals surface area (Å²) in [5.41, 5.74) is -4.21. The maximum atomic E-state index is 13.7. The monoisotopic (exact) mass is 586 g/mol. The zero-order valence-electron chi connectivity index (χ0n) is 21.5. The smallest absolute Gasteiger partial charge is 0.365 e. The fourth-order valence-electron chi connectivity index (χ4n) is 4.75. The molecule has 1 saturated heterocycles. The molecule has 4 aromatic rings. The molecule has 1 fully saturated rings. The highest BCUT2D eigenvalue weighted by Crippen LogP contribution is 2.30. The first-order valence-corrected chi connectivity index (χ1v) is 14.2. The van der Waals surface area contributed by atoms with Crippen LogP contribution in [0.25, 0.3) is 5.65 Å². The van der Waals surface area contributed by atoms with E-state index in [1.54, 1.807) is 4.90 Å². The summed E-state index contributed by atoms with van der Waals surface area (Å²) in [5.74, 6) is -1.41. The van der Waals surface area contributed by atoms with Crippen LogP contribution < -0.4 is 10.0 Å². The van der Waals surface area contributed by atoms with Gasteiger partial charge in [0.05, 0.1) is 6.20 Å². The molecule has 2 N–H and O–H groups in total. The third kappa shape index (κ3) is 5.87. The van der Waals surface area contributed by atoms with Crippen LogP contribution >= 0.6 is 0 Å². The summed E-state index contributed by atoms with van der Waals surface area (Å²) < 4.78 is 63.5. The molecule has 3 heterocycles. The summed E-state index contributed by atoms with van der Waals surface area (Å²) in [6, 6.07) is 19.3. The molecule has 0 atom stereocenters. The van der Waals surface area contributed by atoms with Gasteiger partial charge in [0.25, 0.3) is 11.8 Å². The molecule has 214 valence electrons. The zero-order valence-corrected chi connectivity index (χ0v) is 22.3. The van der Waals surface area contributed by atoms with E-state index in [9.17, 15) is 31.2 Å². The molecule has 0 spiro atoms. The number of benzene rings is 2. The SMILES string of the molecule is O=C(NS(=O)(=O)C(F)(F)F)c1cnn2c(NCc3ccccc3)c(C(=O)N3CCC(c4ccccc4)CC3)cnc12. The number of alkyl halides is 3. The fraction of sp³-hybridized carbons (Fsp3) is 0.259. The van der Waals surface area contributed by atoms with Gasteiger partial charge in [-0.25, -0.2) is 9.71 Å². The van der Waals surface area contributed by atoms with Crippen LogP contribution in [0.15, 0.2) is 73.1 Å². The second-order valence-electron chi connectivity index (χ2n) is 9.51. The van der Waals surface area contributed by atoms with Crippen molar-refractivity contribution in [2.45, 2.75) is 30.8 Å². The lowest BCUT2D eigenvalue weighted by Gasteiger charge is -2.32. The van der Waals surface area contributed by atoms with Crippen LogP contribution in [-0.4, -0.2) is 58.3 Å². The standard InChI is InChI=1S/C27H25F3N6O4S/c28-27(29,30)41(39,40)34-25(37)21-17-33-36-23(21)32-16-22(24(36)31-15-18-7-3-1-4-8-18)26(38)35-13-11-20(12-14-35)19-9-5-2-6-10-19/h1-10,16-17,20,31H,11-15H2,(H,34,37). The van der Waals surface area contributed by atoms with E-state index < -0.39 is 27.0 Å². The van der Waals surface area contributed by atoms with E-state index >= 15 is 0 Å². The van der Waals surface area contributed by atoms with Crippen molar-refractivity contribution in [2.24, 2.45) is 0 Å². The van der Waals surface area contributed by atoms with Crippen LogP contribution in [0, 0.1) is 0 Å². The maximum Gasteiger partial charge on any atom is 0.516 e. The van der Waals surface area contributed by atoms with Crippen LogP contribution in [-0.2, 0) is 16.6 Å². The lowest BCUT2D eigenvalue weighted by Crippen LogP contribution is -2.40. The number of nitrogens with zero attached hydrogens (tertiary/aromatic N) is 4. The number of likely N-dealkylation sites (tertiary alicyclic amines) is 1. The molecule has 2 aromatic heterocycles. The number of halogens is 3. The van der Waals surface area contributed by atoms with Crippen molar-refractivity contribution in [2.75, 3.05) is 18.4 Å². The summed E-state index contributed by atoms with van der Waals surface area (Å²) >= 11 is 0. The zero-order chi connectivity index (χ0) is 29.2. The highest BCUT2D eigenvalue weighted by Gasteiger charge is 2.47. The Bertz CT molecular complexity index is 1670. The third-order valence-electron chi connectivity index (χ3n) is 6.89. The normalized spacial score (nSPS) is 14.7. The van der Waals surface area contributed by atoms with Crippen LogP contribution in [0.4, 0.5) is 19.0 Å². The summed E-state index contributed by atoms with van der Waals surface area (Å²) in [4.78, 5) is 32.0. The first-order chi connectivity index (χ1) is 19.5. The van der Waals surface area contributed by atoms with Gasteiger partial charge in [-0.2, -0.15) is 31.2 Å². The van der Waals surface area contributed by atoms with Crippen LogP contribution in [0.3, 0.4) is 0 Å². The van der Waals surface area contributed by atoms with E-state index in [4.69, 9.17) is 0 Å². The Labute approximate surface area is 233 Å². The molecule has 2 amide bonds. The van der Waals surface area contributed by atoms with Gasteiger partial charge in [-0.05, 0) is 29.9 Å². The highest BCUT2D eigenvalue weighted by molar-refractivity contribution is 7.90. The van der Waals surface area contributed by atoms with Crippen LogP contribution in [0.5, 0.6) is 0 Å². The van der Waals surface area contributed by atoms with Crippen molar-refractivity contribution in [3.8, 4) is 0 Å². The van der Waals surface area contributed by atoms with Gasteiger partial charge in [0.15, 0.2) is 5.65 Å². The molecule has 2 aromatic carbocycles. The third-order valence-corrected chi connectivity index (χ3v) is 7.95. The summed E-state index contributed by atoms with van der Waals surface area (Å²) in [6.07, 6.45) is 3.64. The predicted molar refractivity (Wildman–Crippen MR) is 144 cm³/mol. The van der Waals surface area contributed by atoms with Gasteiger partial charge in [0, 0.05) is 25.8 Å². The average molecular weight is 587 g/mol. The lowest BCUT2D eigenvalue weighted by atomic mass is 9.89. The Morgan fingerprint density at radius 3 is 2.20 bits per heavy atom. The molecule has 10 nitrogen and oxygen atoms in total. The number of rotatable bonds is 7. The van der Waals surface area contributed by atoms with E-state index in [1.807, 2.05) is 48.5 Å². The summed E-state index contributed by atoms with van der Waals surface area (Å²) in [6.45, 7) is 1.24. The van der Waals surface area contributed by atoms with E-state index in [1.165, 1.54) is 11.8 Å². The molecule has 0 aliphatic carbocycles. The topological polar surface area (TPSA) is 126 Å². The molecule has 41 heavy (non-hydrogen) atoms. The number of piperidine rings is 1. The molecule has 1 aliphatic heterocycles. The maximum absolute atomic E-state index is 13.7. The van der Waals surface area contributed by atoms with Crippen LogP contribution in [0.1, 0.15) is 50.6 Å². The van der Waals surface area contributed by atoms with Gasteiger partial charge in [-0.3, -0.25) is 9.59 Å². The molecule has 0 bridgehead atoms. The minimum Gasteiger partial charge on any atom is -0.365 e.